The highest BCUT2D eigenvalue weighted by atomic mass is 19.1. The Morgan fingerprint density at radius 3 is 2.92 bits per heavy atom. The monoisotopic (exact) mass is 341 g/mol. The minimum Gasteiger partial charge on any atom is -0.481 e. The summed E-state index contributed by atoms with van der Waals surface area (Å²) in [6.07, 6.45) is 2.07. The van der Waals surface area contributed by atoms with Crippen molar-refractivity contribution in [3.63, 3.8) is 0 Å². The molecule has 2 unspecified atom stereocenters. The first kappa shape index (κ1) is 17.1. The first-order valence-corrected chi connectivity index (χ1v) is 8.06. The van der Waals surface area contributed by atoms with Gasteiger partial charge in [-0.05, 0) is 37.8 Å². The van der Waals surface area contributed by atoms with E-state index in [-0.39, 0.29) is 24.3 Å². The maximum absolute atomic E-state index is 13.6. The van der Waals surface area contributed by atoms with Crippen LogP contribution in [0.4, 0.5) is 8.78 Å². The second-order valence-corrected chi connectivity index (χ2v) is 6.41. The lowest BCUT2D eigenvalue weighted by atomic mass is 9.79. The quantitative estimate of drug-likeness (QED) is 0.908. The van der Waals surface area contributed by atoms with Gasteiger partial charge in [0, 0.05) is 19.7 Å². The van der Waals surface area contributed by atoms with Gasteiger partial charge < -0.3 is 19.5 Å². The molecule has 1 N–H and O–H groups in total. The number of halogens is 2. The van der Waals surface area contributed by atoms with Crippen LogP contribution in [0, 0.1) is 11.6 Å². The molecule has 1 saturated carbocycles. The Morgan fingerprint density at radius 1 is 1.42 bits per heavy atom. The van der Waals surface area contributed by atoms with Crippen LogP contribution in [-0.4, -0.2) is 53.9 Å². The molecule has 0 spiro atoms. The van der Waals surface area contributed by atoms with Crippen molar-refractivity contribution in [1.29, 1.82) is 0 Å². The van der Waals surface area contributed by atoms with Gasteiger partial charge in [-0.1, -0.05) is 0 Å². The zero-order chi connectivity index (χ0) is 17.3. The molecule has 2 fully saturated rings. The van der Waals surface area contributed by atoms with Crippen molar-refractivity contribution in [3.05, 3.63) is 29.8 Å². The number of aliphatic hydroxyl groups excluding tert-OH is 1. The molecule has 3 atom stereocenters. The molecule has 0 aromatic heterocycles. The fraction of sp³-hybridized carbons (Fsp3) is 0.588. The minimum atomic E-state index is -0.844. The van der Waals surface area contributed by atoms with Crippen molar-refractivity contribution in [2.24, 2.45) is 0 Å². The van der Waals surface area contributed by atoms with E-state index in [0.29, 0.717) is 38.3 Å². The number of hydrogen-bond acceptors (Lipinski definition) is 4. The summed E-state index contributed by atoms with van der Waals surface area (Å²) in [5, 5.41) is 9.93. The summed E-state index contributed by atoms with van der Waals surface area (Å²) in [5.74, 6) is -2.00. The van der Waals surface area contributed by atoms with Crippen LogP contribution in [0.1, 0.15) is 25.7 Å². The summed E-state index contributed by atoms with van der Waals surface area (Å²) >= 11 is 0. The molecule has 0 radical (unpaired) electrons. The second-order valence-electron chi connectivity index (χ2n) is 6.41. The molecule has 132 valence electrons. The smallest absolute Gasteiger partial charge is 0.260 e. The van der Waals surface area contributed by atoms with E-state index in [1.807, 2.05) is 0 Å². The molecule has 24 heavy (non-hydrogen) atoms. The van der Waals surface area contributed by atoms with E-state index < -0.39 is 23.3 Å². The fourth-order valence-electron chi connectivity index (χ4n) is 3.79. The predicted molar refractivity (Wildman–Crippen MR) is 81.6 cm³/mol. The number of benzene rings is 1. The molecule has 3 rings (SSSR count). The van der Waals surface area contributed by atoms with Gasteiger partial charge in [-0.15, -0.1) is 0 Å². The van der Waals surface area contributed by atoms with Crippen molar-refractivity contribution in [2.75, 3.05) is 20.3 Å². The molecule has 2 aliphatic rings. The van der Waals surface area contributed by atoms with Crippen LogP contribution in [0.3, 0.4) is 0 Å². The molecule has 1 aromatic rings. The summed E-state index contributed by atoms with van der Waals surface area (Å²) in [6.45, 7) is 0.175. The third-order valence-corrected chi connectivity index (χ3v) is 5.13. The highest BCUT2D eigenvalue weighted by Crippen LogP contribution is 2.42. The van der Waals surface area contributed by atoms with Crippen molar-refractivity contribution >= 4 is 5.91 Å². The third kappa shape index (κ3) is 3.10. The Kier molecular flexibility index (Phi) is 4.73. The lowest BCUT2D eigenvalue weighted by molar-refractivity contribution is -0.141. The first-order chi connectivity index (χ1) is 11.4. The van der Waals surface area contributed by atoms with Crippen LogP contribution in [0.5, 0.6) is 5.75 Å². The summed E-state index contributed by atoms with van der Waals surface area (Å²) in [5.41, 5.74) is -0.421. The average molecular weight is 341 g/mol. The number of carbonyl (C=O) groups is 1. The number of likely N-dealkylation sites (tertiary alicyclic amines) is 1. The molecule has 1 aromatic carbocycles. The van der Waals surface area contributed by atoms with Crippen molar-refractivity contribution in [1.82, 2.24) is 4.90 Å². The Bertz CT molecular complexity index is 627. The molecule has 0 bridgehead atoms. The molecule has 7 heteroatoms. The standard InChI is InChI=1S/C17H21F2NO4/c1-23-17-5-4-12(21)9-15(17)20(7-6-17)16(22)10-24-14-3-2-11(18)8-13(14)19/h2-3,8,12,15,21H,4-7,9-10H2,1H3/t12?,15?,17-/m1/s1. The molecule has 1 heterocycles. The Hall–Kier alpha value is -1.73. The largest absolute Gasteiger partial charge is 0.481 e. The molecule has 5 nitrogen and oxygen atoms in total. The van der Waals surface area contributed by atoms with Gasteiger partial charge in [0.2, 0.25) is 0 Å². The third-order valence-electron chi connectivity index (χ3n) is 5.13. The van der Waals surface area contributed by atoms with Crippen LogP contribution < -0.4 is 4.74 Å². The van der Waals surface area contributed by atoms with E-state index in [4.69, 9.17) is 9.47 Å². The number of methoxy groups -OCH3 is 1. The number of aliphatic hydroxyl groups is 1. The van der Waals surface area contributed by atoms with E-state index in [9.17, 15) is 18.7 Å². The number of carbonyl (C=O) groups excluding carboxylic acids is 1. The van der Waals surface area contributed by atoms with Gasteiger partial charge in [0.1, 0.15) is 5.82 Å². The molecule has 1 aliphatic carbocycles. The molecule has 1 aliphatic heterocycles. The summed E-state index contributed by atoms with van der Waals surface area (Å²) < 4.78 is 37.3. The topological polar surface area (TPSA) is 59.0 Å². The van der Waals surface area contributed by atoms with Gasteiger partial charge in [-0.2, -0.15) is 0 Å². The lowest BCUT2D eigenvalue weighted by Crippen LogP contribution is -2.53. The Balaban J connectivity index is 1.66. The number of amides is 1. The van der Waals surface area contributed by atoms with Crippen LogP contribution in [0.25, 0.3) is 0 Å². The summed E-state index contributed by atoms with van der Waals surface area (Å²) in [4.78, 5) is 14.1. The van der Waals surface area contributed by atoms with E-state index in [1.165, 1.54) is 0 Å². The maximum Gasteiger partial charge on any atom is 0.260 e. The van der Waals surface area contributed by atoms with Crippen LogP contribution in [0.15, 0.2) is 18.2 Å². The van der Waals surface area contributed by atoms with E-state index in [2.05, 4.69) is 0 Å². The molecule has 1 amide bonds. The fourth-order valence-corrected chi connectivity index (χ4v) is 3.79. The number of hydrogen-bond donors (Lipinski definition) is 1. The number of fused-ring (bicyclic) bond motifs is 1. The average Bonchev–Trinajstić information content (AvgIpc) is 2.93. The van der Waals surface area contributed by atoms with Crippen LogP contribution in [0.2, 0.25) is 0 Å². The van der Waals surface area contributed by atoms with Crippen LogP contribution in [-0.2, 0) is 9.53 Å². The second kappa shape index (κ2) is 6.64. The van der Waals surface area contributed by atoms with Gasteiger partial charge in [-0.3, -0.25) is 4.79 Å². The van der Waals surface area contributed by atoms with Gasteiger partial charge in [0.25, 0.3) is 5.91 Å². The predicted octanol–water partition coefficient (Wildman–Crippen LogP) is 1.87. The lowest BCUT2D eigenvalue weighted by Gasteiger charge is -2.42. The SMILES string of the molecule is CO[C@@]12CCC(O)CC1N(C(=O)COc1ccc(F)cc1F)CC2. The summed E-state index contributed by atoms with van der Waals surface area (Å²) in [7, 11) is 1.63. The van der Waals surface area contributed by atoms with E-state index in [1.54, 1.807) is 12.0 Å². The number of nitrogens with zero attached hydrogens (tertiary/aromatic N) is 1. The van der Waals surface area contributed by atoms with Crippen LogP contribution >= 0.6 is 0 Å². The Labute approximate surface area is 139 Å². The van der Waals surface area contributed by atoms with E-state index >= 15 is 0 Å². The molecule has 1 saturated heterocycles. The molecular formula is C17H21F2NO4. The van der Waals surface area contributed by atoms with Gasteiger partial charge in [0.15, 0.2) is 18.2 Å². The number of rotatable bonds is 4. The maximum atomic E-state index is 13.6. The van der Waals surface area contributed by atoms with Crippen molar-refractivity contribution < 1.29 is 28.2 Å². The first-order valence-electron chi connectivity index (χ1n) is 8.06. The normalized spacial score (nSPS) is 29.4. The summed E-state index contributed by atoms with van der Waals surface area (Å²) in [6, 6.07) is 2.74. The zero-order valence-electron chi connectivity index (χ0n) is 13.5. The van der Waals surface area contributed by atoms with Gasteiger partial charge in [0.05, 0.1) is 17.7 Å². The molecular weight excluding hydrogens is 320 g/mol. The highest BCUT2D eigenvalue weighted by Gasteiger charge is 2.52. The highest BCUT2D eigenvalue weighted by molar-refractivity contribution is 5.78. The minimum absolute atomic E-state index is 0.161. The van der Waals surface area contributed by atoms with Crippen molar-refractivity contribution in [3.8, 4) is 5.75 Å². The van der Waals surface area contributed by atoms with Gasteiger partial charge >= 0.3 is 0 Å². The Morgan fingerprint density at radius 2 is 2.21 bits per heavy atom. The van der Waals surface area contributed by atoms with Crippen molar-refractivity contribution in [2.45, 2.75) is 43.4 Å². The van der Waals surface area contributed by atoms with Gasteiger partial charge in [-0.25, -0.2) is 8.78 Å². The zero-order valence-corrected chi connectivity index (χ0v) is 13.5. The number of ether oxygens (including phenoxy) is 2. The van der Waals surface area contributed by atoms with E-state index in [0.717, 1.165) is 12.1 Å².